The monoisotopic (exact) mass is 277 g/mol. The van der Waals surface area contributed by atoms with E-state index in [-0.39, 0.29) is 5.91 Å². The molecule has 20 heavy (non-hydrogen) atoms. The molecule has 2 rings (SSSR count). The highest BCUT2D eigenvalue weighted by molar-refractivity contribution is 5.79. The minimum absolute atomic E-state index is 0.0246. The molecule has 108 valence electrons. The second-order valence-corrected chi connectivity index (χ2v) is 5.02. The molecule has 1 amide bonds. The van der Waals surface area contributed by atoms with E-state index in [9.17, 15) is 9.59 Å². The maximum Gasteiger partial charge on any atom is 0.308 e. The van der Waals surface area contributed by atoms with E-state index in [1.54, 1.807) is 12.0 Å². The summed E-state index contributed by atoms with van der Waals surface area (Å²) in [4.78, 5) is 24.6. The molecule has 0 radical (unpaired) electrons. The number of hydrogen-bond donors (Lipinski definition) is 1. The fourth-order valence-electron chi connectivity index (χ4n) is 2.43. The first-order valence-electron chi connectivity index (χ1n) is 6.73. The lowest BCUT2D eigenvalue weighted by Crippen LogP contribution is -2.30. The molecular weight excluding hydrogens is 258 g/mol. The third-order valence-corrected chi connectivity index (χ3v) is 3.65. The lowest BCUT2D eigenvalue weighted by molar-refractivity contribution is -0.141. The van der Waals surface area contributed by atoms with Gasteiger partial charge in [0.05, 0.1) is 13.0 Å². The van der Waals surface area contributed by atoms with Crippen LogP contribution >= 0.6 is 0 Å². The van der Waals surface area contributed by atoms with Gasteiger partial charge in [-0.1, -0.05) is 12.1 Å². The van der Waals surface area contributed by atoms with Gasteiger partial charge in [0, 0.05) is 19.5 Å². The van der Waals surface area contributed by atoms with E-state index in [2.05, 4.69) is 0 Å². The standard InChI is InChI=1S/C15H19NO4/c1-20-13-4-2-3-11(9-13)5-6-14(17)16-8-7-12(10-16)15(18)19/h2-4,9,12H,5-8,10H2,1H3,(H,18,19). The summed E-state index contributed by atoms with van der Waals surface area (Å²) in [6.45, 7) is 0.889. The van der Waals surface area contributed by atoms with Gasteiger partial charge in [0.15, 0.2) is 0 Å². The molecule has 1 aromatic carbocycles. The zero-order chi connectivity index (χ0) is 14.5. The van der Waals surface area contributed by atoms with Crippen LogP contribution in [0.1, 0.15) is 18.4 Å². The number of nitrogens with zero attached hydrogens (tertiary/aromatic N) is 1. The Bertz CT molecular complexity index is 500. The van der Waals surface area contributed by atoms with Crippen LogP contribution in [0, 0.1) is 5.92 Å². The Balaban J connectivity index is 1.85. The number of hydrogen-bond acceptors (Lipinski definition) is 3. The van der Waals surface area contributed by atoms with Crippen molar-refractivity contribution in [2.75, 3.05) is 20.2 Å². The third-order valence-electron chi connectivity index (χ3n) is 3.65. The van der Waals surface area contributed by atoms with Gasteiger partial charge in [-0.3, -0.25) is 9.59 Å². The highest BCUT2D eigenvalue weighted by atomic mass is 16.5. The Morgan fingerprint density at radius 3 is 2.90 bits per heavy atom. The molecule has 1 atom stereocenters. The molecule has 0 bridgehead atoms. The van der Waals surface area contributed by atoms with Gasteiger partial charge < -0.3 is 14.7 Å². The van der Waals surface area contributed by atoms with Crippen molar-refractivity contribution >= 4 is 11.9 Å². The molecule has 5 nitrogen and oxygen atoms in total. The number of aryl methyl sites for hydroxylation is 1. The van der Waals surface area contributed by atoms with E-state index in [0.717, 1.165) is 11.3 Å². The number of carbonyl (C=O) groups excluding carboxylic acids is 1. The predicted molar refractivity (Wildman–Crippen MR) is 73.6 cm³/mol. The molecule has 1 N–H and O–H groups in total. The molecule has 1 unspecified atom stereocenters. The minimum Gasteiger partial charge on any atom is -0.497 e. The highest BCUT2D eigenvalue weighted by Crippen LogP contribution is 2.19. The Morgan fingerprint density at radius 2 is 2.25 bits per heavy atom. The van der Waals surface area contributed by atoms with Gasteiger partial charge in [0.25, 0.3) is 0 Å². The second-order valence-electron chi connectivity index (χ2n) is 5.02. The quantitative estimate of drug-likeness (QED) is 0.887. The fourth-order valence-corrected chi connectivity index (χ4v) is 2.43. The number of ether oxygens (including phenoxy) is 1. The van der Waals surface area contributed by atoms with E-state index in [1.807, 2.05) is 24.3 Å². The maximum absolute atomic E-state index is 12.0. The molecule has 5 heteroatoms. The molecule has 1 fully saturated rings. The Labute approximate surface area is 118 Å². The van der Waals surface area contributed by atoms with Crippen LogP contribution in [0.2, 0.25) is 0 Å². The van der Waals surface area contributed by atoms with Crippen molar-refractivity contribution in [3.63, 3.8) is 0 Å². The summed E-state index contributed by atoms with van der Waals surface area (Å²) >= 11 is 0. The minimum atomic E-state index is -0.812. The molecule has 1 heterocycles. The number of methoxy groups -OCH3 is 1. The van der Waals surface area contributed by atoms with Crippen molar-refractivity contribution < 1.29 is 19.4 Å². The zero-order valence-corrected chi connectivity index (χ0v) is 11.5. The van der Waals surface area contributed by atoms with E-state index >= 15 is 0 Å². The summed E-state index contributed by atoms with van der Waals surface area (Å²) in [5.74, 6) is -0.414. The van der Waals surface area contributed by atoms with Crippen molar-refractivity contribution in [3.8, 4) is 5.75 Å². The molecule has 0 aromatic heterocycles. The van der Waals surface area contributed by atoms with Gasteiger partial charge in [-0.15, -0.1) is 0 Å². The van der Waals surface area contributed by atoms with Crippen molar-refractivity contribution in [1.29, 1.82) is 0 Å². The molecule has 1 saturated heterocycles. The average Bonchev–Trinajstić information content (AvgIpc) is 2.95. The molecule has 0 spiro atoms. The number of amides is 1. The first kappa shape index (κ1) is 14.4. The number of carbonyl (C=O) groups is 2. The first-order chi connectivity index (χ1) is 9.60. The smallest absolute Gasteiger partial charge is 0.308 e. The average molecular weight is 277 g/mol. The van der Waals surface area contributed by atoms with Gasteiger partial charge >= 0.3 is 5.97 Å². The normalized spacial score (nSPS) is 18.1. The van der Waals surface area contributed by atoms with Crippen LogP contribution in [0.4, 0.5) is 0 Å². The van der Waals surface area contributed by atoms with Gasteiger partial charge in [0.2, 0.25) is 5.91 Å². The van der Waals surface area contributed by atoms with Crippen molar-refractivity contribution in [2.45, 2.75) is 19.3 Å². The molecule has 1 aliphatic heterocycles. The number of aliphatic carboxylic acids is 1. The predicted octanol–water partition coefficient (Wildman–Crippen LogP) is 1.56. The highest BCUT2D eigenvalue weighted by Gasteiger charge is 2.30. The van der Waals surface area contributed by atoms with Crippen molar-refractivity contribution in [2.24, 2.45) is 5.92 Å². The van der Waals surface area contributed by atoms with E-state index < -0.39 is 11.9 Å². The van der Waals surface area contributed by atoms with Crippen LogP contribution in [0.3, 0.4) is 0 Å². The summed E-state index contributed by atoms with van der Waals surface area (Å²) in [6, 6.07) is 7.63. The molecule has 1 aliphatic rings. The first-order valence-corrected chi connectivity index (χ1v) is 6.73. The summed E-state index contributed by atoms with van der Waals surface area (Å²) in [7, 11) is 1.61. The van der Waals surface area contributed by atoms with E-state index in [1.165, 1.54) is 0 Å². The maximum atomic E-state index is 12.0. The molecule has 0 saturated carbocycles. The van der Waals surface area contributed by atoms with Gasteiger partial charge in [-0.25, -0.2) is 0 Å². The largest absolute Gasteiger partial charge is 0.497 e. The van der Waals surface area contributed by atoms with Crippen LogP contribution in [0.5, 0.6) is 5.75 Å². The van der Waals surface area contributed by atoms with Gasteiger partial charge in [0.1, 0.15) is 5.75 Å². The summed E-state index contributed by atoms with van der Waals surface area (Å²) in [5, 5.41) is 8.93. The van der Waals surface area contributed by atoms with Crippen molar-refractivity contribution in [3.05, 3.63) is 29.8 Å². The topological polar surface area (TPSA) is 66.8 Å². The number of benzene rings is 1. The summed E-state index contributed by atoms with van der Waals surface area (Å²) in [5.41, 5.74) is 1.05. The van der Waals surface area contributed by atoms with Gasteiger partial charge in [-0.05, 0) is 30.5 Å². The number of rotatable bonds is 5. The summed E-state index contributed by atoms with van der Waals surface area (Å²) < 4.78 is 5.14. The van der Waals surface area contributed by atoms with E-state index in [0.29, 0.717) is 32.4 Å². The van der Waals surface area contributed by atoms with Crippen LogP contribution in [-0.2, 0) is 16.0 Å². The van der Waals surface area contributed by atoms with Crippen molar-refractivity contribution in [1.82, 2.24) is 4.90 Å². The third kappa shape index (κ3) is 3.50. The number of likely N-dealkylation sites (tertiary alicyclic amines) is 1. The number of carboxylic acids is 1. The van der Waals surface area contributed by atoms with Gasteiger partial charge in [-0.2, -0.15) is 0 Å². The lowest BCUT2D eigenvalue weighted by Gasteiger charge is -2.15. The summed E-state index contributed by atoms with van der Waals surface area (Å²) in [6.07, 6.45) is 1.60. The van der Waals surface area contributed by atoms with E-state index in [4.69, 9.17) is 9.84 Å². The fraction of sp³-hybridized carbons (Fsp3) is 0.467. The van der Waals surface area contributed by atoms with Crippen LogP contribution in [-0.4, -0.2) is 42.1 Å². The van der Waals surface area contributed by atoms with Crippen LogP contribution in [0.25, 0.3) is 0 Å². The SMILES string of the molecule is COc1cccc(CCC(=O)N2CCC(C(=O)O)C2)c1. The molecular formula is C15H19NO4. The second kappa shape index (κ2) is 6.41. The molecule has 0 aliphatic carbocycles. The number of carboxylic acid groups (broad SMARTS) is 1. The molecule has 1 aromatic rings. The Morgan fingerprint density at radius 1 is 1.45 bits per heavy atom. The Hall–Kier alpha value is -2.04. The van der Waals surface area contributed by atoms with Crippen LogP contribution in [0.15, 0.2) is 24.3 Å². The zero-order valence-electron chi connectivity index (χ0n) is 11.5. The Kier molecular flexibility index (Phi) is 4.61. The van der Waals surface area contributed by atoms with Crippen LogP contribution < -0.4 is 4.74 Å². The lowest BCUT2D eigenvalue weighted by atomic mass is 10.1.